The van der Waals surface area contributed by atoms with Gasteiger partial charge >= 0.3 is 0 Å². The van der Waals surface area contributed by atoms with E-state index in [1.165, 1.54) is 36.3 Å². The standard InChI is InChI=1S/C15H22N4/c1-18-10-13-9-16-5-6-19(13)15-14(18)7-12(8-17-15)11-3-2-4-11/h7-8,11,13,16H,2-6,9-10H2,1H3/t13-/m1/s1. The SMILES string of the molecule is CN1C[C@H]2CNCCN2c2ncc(C3CCC3)cc21. The van der Waals surface area contributed by atoms with Gasteiger partial charge in [0.2, 0.25) is 0 Å². The summed E-state index contributed by atoms with van der Waals surface area (Å²) in [5.74, 6) is 1.97. The molecule has 2 aliphatic heterocycles. The van der Waals surface area contributed by atoms with Gasteiger partial charge in [-0.2, -0.15) is 0 Å². The van der Waals surface area contributed by atoms with E-state index in [-0.39, 0.29) is 0 Å². The van der Waals surface area contributed by atoms with Crippen molar-refractivity contribution >= 4 is 11.5 Å². The maximum Gasteiger partial charge on any atom is 0.152 e. The molecular formula is C15H22N4. The smallest absolute Gasteiger partial charge is 0.152 e. The monoisotopic (exact) mass is 258 g/mol. The minimum absolute atomic E-state index is 0.577. The van der Waals surface area contributed by atoms with Gasteiger partial charge in [0, 0.05) is 39.4 Å². The van der Waals surface area contributed by atoms with Gasteiger partial charge in [-0.25, -0.2) is 4.98 Å². The molecule has 1 aromatic heterocycles. The third kappa shape index (κ3) is 1.81. The van der Waals surface area contributed by atoms with E-state index in [0.717, 1.165) is 32.1 Å². The van der Waals surface area contributed by atoms with E-state index in [1.807, 2.05) is 0 Å². The fourth-order valence-corrected chi connectivity index (χ4v) is 3.55. The first-order chi connectivity index (χ1) is 9.33. The van der Waals surface area contributed by atoms with Gasteiger partial charge in [-0.1, -0.05) is 6.42 Å². The van der Waals surface area contributed by atoms with Crippen molar-refractivity contribution in [3.8, 4) is 0 Å². The zero-order valence-corrected chi connectivity index (χ0v) is 11.6. The molecule has 4 nitrogen and oxygen atoms in total. The number of fused-ring (bicyclic) bond motifs is 3. The maximum absolute atomic E-state index is 4.81. The number of nitrogens with one attached hydrogen (secondary N) is 1. The van der Waals surface area contributed by atoms with E-state index >= 15 is 0 Å². The fraction of sp³-hybridized carbons (Fsp3) is 0.667. The summed E-state index contributed by atoms with van der Waals surface area (Å²) in [5.41, 5.74) is 2.79. The molecule has 3 heterocycles. The maximum atomic E-state index is 4.81. The summed E-state index contributed by atoms with van der Waals surface area (Å²) in [7, 11) is 2.21. The van der Waals surface area contributed by atoms with Crippen molar-refractivity contribution in [2.45, 2.75) is 31.2 Å². The third-order valence-electron chi connectivity index (χ3n) is 4.96. The van der Waals surface area contributed by atoms with Crippen LogP contribution in [0.2, 0.25) is 0 Å². The van der Waals surface area contributed by atoms with Crippen molar-refractivity contribution in [3.63, 3.8) is 0 Å². The average Bonchev–Trinajstić information content (AvgIpc) is 2.37. The molecule has 0 unspecified atom stereocenters. The molecule has 1 saturated carbocycles. The number of likely N-dealkylation sites (N-methyl/N-ethyl adjacent to an activating group) is 1. The van der Waals surface area contributed by atoms with Crippen LogP contribution in [0.5, 0.6) is 0 Å². The lowest BCUT2D eigenvalue weighted by atomic mass is 9.80. The van der Waals surface area contributed by atoms with Crippen molar-refractivity contribution < 1.29 is 0 Å². The summed E-state index contributed by atoms with van der Waals surface area (Å²) in [5, 5.41) is 3.49. The summed E-state index contributed by atoms with van der Waals surface area (Å²) in [6, 6.07) is 2.97. The van der Waals surface area contributed by atoms with Crippen LogP contribution >= 0.6 is 0 Å². The molecular weight excluding hydrogens is 236 g/mol. The van der Waals surface area contributed by atoms with Crippen LogP contribution in [0.3, 0.4) is 0 Å². The zero-order chi connectivity index (χ0) is 12.8. The lowest BCUT2D eigenvalue weighted by Crippen LogP contribution is -2.58. The molecule has 1 aliphatic carbocycles. The highest BCUT2D eigenvalue weighted by Crippen LogP contribution is 2.40. The summed E-state index contributed by atoms with van der Waals surface area (Å²) >= 11 is 0. The van der Waals surface area contributed by atoms with E-state index in [1.54, 1.807) is 0 Å². The molecule has 0 radical (unpaired) electrons. The van der Waals surface area contributed by atoms with E-state index in [0.29, 0.717) is 6.04 Å². The Morgan fingerprint density at radius 1 is 1.37 bits per heavy atom. The van der Waals surface area contributed by atoms with Crippen LogP contribution in [0.4, 0.5) is 11.5 Å². The van der Waals surface area contributed by atoms with Crippen LogP contribution in [0.15, 0.2) is 12.3 Å². The molecule has 0 amide bonds. The molecule has 102 valence electrons. The van der Waals surface area contributed by atoms with E-state index < -0.39 is 0 Å². The van der Waals surface area contributed by atoms with Crippen molar-refractivity contribution in [1.82, 2.24) is 10.3 Å². The Morgan fingerprint density at radius 3 is 3.05 bits per heavy atom. The Bertz CT molecular complexity index is 483. The normalized spacial score (nSPS) is 26.7. The van der Waals surface area contributed by atoms with Gasteiger partial charge in [0.15, 0.2) is 5.82 Å². The average molecular weight is 258 g/mol. The number of nitrogens with zero attached hydrogens (tertiary/aromatic N) is 3. The van der Waals surface area contributed by atoms with E-state index in [9.17, 15) is 0 Å². The minimum atomic E-state index is 0.577. The predicted octanol–water partition coefficient (Wildman–Crippen LogP) is 1.58. The van der Waals surface area contributed by atoms with Crippen molar-refractivity contribution in [1.29, 1.82) is 0 Å². The molecule has 2 fully saturated rings. The number of piperazine rings is 1. The second-order valence-corrected chi connectivity index (χ2v) is 6.17. The summed E-state index contributed by atoms with van der Waals surface area (Å²) in [6.07, 6.45) is 6.21. The fourth-order valence-electron chi connectivity index (χ4n) is 3.55. The zero-order valence-electron chi connectivity index (χ0n) is 11.6. The van der Waals surface area contributed by atoms with Gasteiger partial charge in [-0.3, -0.25) is 0 Å². The quantitative estimate of drug-likeness (QED) is 0.828. The Hall–Kier alpha value is -1.29. The molecule has 1 atom stereocenters. The lowest BCUT2D eigenvalue weighted by Gasteiger charge is -2.45. The largest absolute Gasteiger partial charge is 0.369 e. The Balaban J connectivity index is 1.71. The van der Waals surface area contributed by atoms with Gasteiger partial charge in [-0.15, -0.1) is 0 Å². The first-order valence-corrected chi connectivity index (χ1v) is 7.51. The molecule has 4 heteroatoms. The first kappa shape index (κ1) is 11.5. The summed E-state index contributed by atoms with van der Waals surface area (Å²) in [4.78, 5) is 9.70. The molecule has 1 N–H and O–H groups in total. The molecule has 19 heavy (non-hydrogen) atoms. The molecule has 1 aromatic rings. The minimum Gasteiger partial charge on any atom is -0.369 e. The second-order valence-electron chi connectivity index (χ2n) is 6.17. The number of hydrogen-bond acceptors (Lipinski definition) is 4. The van der Waals surface area contributed by atoms with Crippen LogP contribution in [0.1, 0.15) is 30.7 Å². The van der Waals surface area contributed by atoms with Gasteiger partial charge in [0.25, 0.3) is 0 Å². The number of aromatic nitrogens is 1. The summed E-state index contributed by atoms with van der Waals surface area (Å²) in [6.45, 7) is 4.35. The van der Waals surface area contributed by atoms with Gasteiger partial charge < -0.3 is 15.1 Å². The van der Waals surface area contributed by atoms with Crippen LogP contribution in [-0.4, -0.2) is 44.3 Å². The Morgan fingerprint density at radius 2 is 2.26 bits per heavy atom. The van der Waals surface area contributed by atoms with Crippen LogP contribution < -0.4 is 15.1 Å². The lowest BCUT2D eigenvalue weighted by molar-refractivity contribution is 0.417. The van der Waals surface area contributed by atoms with Gasteiger partial charge in [-0.05, 0) is 30.4 Å². The van der Waals surface area contributed by atoms with Crippen molar-refractivity contribution in [3.05, 3.63) is 17.8 Å². The highest BCUT2D eigenvalue weighted by Gasteiger charge is 2.33. The predicted molar refractivity (Wildman–Crippen MR) is 78.1 cm³/mol. The third-order valence-corrected chi connectivity index (χ3v) is 4.96. The van der Waals surface area contributed by atoms with Crippen molar-refractivity contribution in [2.75, 3.05) is 43.0 Å². The van der Waals surface area contributed by atoms with Gasteiger partial charge in [0.1, 0.15) is 0 Å². The number of hydrogen-bond donors (Lipinski definition) is 1. The Kier molecular flexibility index (Phi) is 2.65. The second kappa shape index (κ2) is 4.37. The molecule has 3 aliphatic rings. The van der Waals surface area contributed by atoms with Gasteiger partial charge in [0.05, 0.1) is 11.7 Å². The van der Waals surface area contributed by atoms with E-state index in [2.05, 4.69) is 34.4 Å². The number of rotatable bonds is 1. The molecule has 0 bridgehead atoms. The number of anilines is 2. The Labute approximate surface area is 114 Å². The highest BCUT2D eigenvalue weighted by molar-refractivity contribution is 5.71. The molecule has 0 aromatic carbocycles. The molecule has 1 saturated heterocycles. The topological polar surface area (TPSA) is 31.4 Å². The van der Waals surface area contributed by atoms with Crippen molar-refractivity contribution in [2.24, 2.45) is 0 Å². The molecule has 4 rings (SSSR count). The first-order valence-electron chi connectivity index (χ1n) is 7.51. The number of pyridine rings is 1. The highest BCUT2D eigenvalue weighted by atomic mass is 15.3. The molecule has 0 spiro atoms. The van der Waals surface area contributed by atoms with Crippen LogP contribution in [-0.2, 0) is 0 Å². The van der Waals surface area contributed by atoms with Crippen LogP contribution in [0.25, 0.3) is 0 Å². The van der Waals surface area contributed by atoms with Crippen LogP contribution in [0, 0.1) is 0 Å². The van der Waals surface area contributed by atoms with E-state index in [4.69, 9.17) is 4.98 Å². The summed E-state index contributed by atoms with van der Waals surface area (Å²) < 4.78 is 0.